The molecule has 2 heterocycles. The zero-order chi connectivity index (χ0) is 13.3. The minimum absolute atomic E-state index is 0.0399. The van der Waals surface area contributed by atoms with Gasteiger partial charge in [-0.05, 0) is 29.4 Å². The third kappa shape index (κ3) is 2.20. The van der Waals surface area contributed by atoms with Crippen LogP contribution in [-0.2, 0) is 14.1 Å². The molecule has 18 heavy (non-hydrogen) atoms. The van der Waals surface area contributed by atoms with Gasteiger partial charge in [-0.3, -0.25) is 4.68 Å². The quantitative estimate of drug-likeness (QED) is 0.925. The van der Waals surface area contributed by atoms with Crippen LogP contribution in [0.3, 0.4) is 0 Å². The second-order valence-electron chi connectivity index (χ2n) is 4.19. The lowest BCUT2D eigenvalue weighted by Gasteiger charge is -2.18. The van der Waals surface area contributed by atoms with E-state index < -0.39 is 0 Å². The van der Waals surface area contributed by atoms with Gasteiger partial charge in [0.25, 0.3) is 0 Å². The summed E-state index contributed by atoms with van der Waals surface area (Å²) in [5.74, 6) is 0. The van der Waals surface area contributed by atoms with Crippen LogP contribution in [0.15, 0.2) is 10.8 Å². The lowest BCUT2D eigenvalue weighted by Crippen LogP contribution is -2.25. The predicted octanol–water partition coefficient (Wildman–Crippen LogP) is 1.32. The molecule has 0 aliphatic carbocycles. The third-order valence-corrected chi connectivity index (χ3v) is 3.66. The van der Waals surface area contributed by atoms with E-state index in [1.165, 1.54) is 0 Å². The van der Waals surface area contributed by atoms with Crippen LogP contribution in [0.25, 0.3) is 0 Å². The molecule has 98 valence electrons. The van der Waals surface area contributed by atoms with Crippen molar-refractivity contribution >= 4 is 15.9 Å². The molecule has 0 amide bonds. The van der Waals surface area contributed by atoms with E-state index in [0.717, 1.165) is 28.1 Å². The number of hydrogen-bond donors (Lipinski definition) is 1. The Morgan fingerprint density at radius 3 is 2.56 bits per heavy atom. The zero-order valence-electron chi connectivity index (χ0n) is 11.0. The van der Waals surface area contributed by atoms with Crippen LogP contribution in [0.5, 0.6) is 0 Å². The van der Waals surface area contributed by atoms with Gasteiger partial charge in [-0.2, -0.15) is 5.10 Å². The van der Waals surface area contributed by atoms with E-state index in [9.17, 15) is 0 Å². The van der Waals surface area contributed by atoms with Crippen molar-refractivity contribution in [3.8, 4) is 0 Å². The fourth-order valence-electron chi connectivity index (χ4n) is 2.00. The molecule has 0 aromatic carbocycles. The number of aromatic nitrogens is 5. The van der Waals surface area contributed by atoms with Crippen molar-refractivity contribution in [1.82, 2.24) is 30.1 Å². The van der Waals surface area contributed by atoms with Crippen molar-refractivity contribution in [2.45, 2.75) is 19.9 Å². The average molecular weight is 313 g/mol. The Bertz CT molecular complexity index is 524. The molecule has 1 atom stereocenters. The lowest BCUT2D eigenvalue weighted by atomic mass is 10.1. The minimum atomic E-state index is 0.0399. The molecule has 0 aliphatic heterocycles. The van der Waals surface area contributed by atoms with Crippen LogP contribution in [0.2, 0.25) is 0 Å². The molecule has 2 rings (SSSR count). The first-order valence-electron chi connectivity index (χ1n) is 5.83. The molecule has 0 saturated heterocycles. The number of aryl methyl sites for hydroxylation is 2. The summed E-state index contributed by atoms with van der Waals surface area (Å²) in [4.78, 5) is 0. The average Bonchev–Trinajstić information content (AvgIpc) is 2.83. The Balaban J connectivity index is 2.50. The van der Waals surface area contributed by atoms with Crippen LogP contribution < -0.4 is 5.32 Å². The van der Waals surface area contributed by atoms with Gasteiger partial charge in [0.05, 0.1) is 17.9 Å². The molecule has 1 unspecified atom stereocenters. The highest BCUT2D eigenvalue weighted by Crippen LogP contribution is 2.28. The Labute approximate surface area is 114 Å². The van der Waals surface area contributed by atoms with E-state index in [1.807, 2.05) is 25.0 Å². The topological polar surface area (TPSA) is 60.6 Å². The van der Waals surface area contributed by atoms with Gasteiger partial charge in [-0.1, -0.05) is 12.1 Å². The van der Waals surface area contributed by atoms with Gasteiger partial charge in [-0.15, -0.1) is 5.10 Å². The minimum Gasteiger partial charge on any atom is -0.305 e. The van der Waals surface area contributed by atoms with Gasteiger partial charge in [0.2, 0.25) is 0 Å². The van der Waals surface area contributed by atoms with Crippen molar-refractivity contribution in [2.75, 3.05) is 6.54 Å². The van der Waals surface area contributed by atoms with E-state index >= 15 is 0 Å². The van der Waals surface area contributed by atoms with Crippen LogP contribution in [0, 0.1) is 6.92 Å². The fraction of sp³-hybridized carbons (Fsp3) is 0.545. The first-order chi connectivity index (χ1) is 8.56. The largest absolute Gasteiger partial charge is 0.305 e. The SMILES string of the molecule is CCNC(c1cnn(C)c1C)c1c(Br)nnn1C. The Morgan fingerprint density at radius 2 is 2.11 bits per heavy atom. The molecule has 2 aromatic rings. The van der Waals surface area contributed by atoms with Gasteiger partial charge in [0.1, 0.15) is 0 Å². The maximum absolute atomic E-state index is 4.30. The molecule has 7 heteroatoms. The normalized spacial score (nSPS) is 12.9. The van der Waals surface area contributed by atoms with Gasteiger partial charge in [0, 0.05) is 25.4 Å². The van der Waals surface area contributed by atoms with Crippen LogP contribution in [-0.4, -0.2) is 31.3 Å². The second kappa shape index (κ2) is 5.19. The molecular weight excluding hydrogens is 296 g/mol. The highest BCUT2D eigenvalue weighted by atomic mass is 79.9. The molecule has 0 radical (unpaired) electrons. The van der Waals surface area contributed by atoms with Crippen molar-refractivity contribution < 1.29 is 0 Å². The summed E-state index contributed by atoms with van der Waals surface area (Å²) >= 11 is 3.45. The summed E-state index contributed by atoms with van der Waals surface area (Å²) < 4.78 is 4.42. The van der Waals surface area contributed by atoms with E-state index in [0.29, 0.717) is 0 Å². The maximum atomic E-state index is 4.30. The highest BCUT2D eigenvalue weighted by molar-refractivity contribution is 9.10. The molecule has 0 aliphatic rings. The van der Waals surface area contributed by atoms with Crippen LogP contribution >= 0.6 is 15.9 Å². The molecule has 0 spiro atoms. The first-order valence-corrected chi connectivity index (χ1v) is 6.62. The summed E-state index contributed by atoms with van der Waals surface area (Å²) in [5, 5.41) is 15.8. The molecular formula is C11H17BrN6. The van der Waals surface area contributed by atoms with E-state index in [1.54, 1.807) is 4.68 Å². The van der Waals surface area contributed by atoms with Gasteiger partial charge < -0.3 is 5.32 Å². The fourth-order valence-corrected chi connectivity index (χ4v) is 2.56. The van der Waals surface area contributed by atoms with Crippen molar-refractivity contribution in [2.24, 2.45) is 14.1 Å². The second-order valence-corrected chi connectivity index (χ2v) is 4.94. The molecule has 2 aromatic heterocycles. The maximum Gasteiger partial charge on any atom is 0.153 e. The monoisotopic (exact) mass is 312 g/mol. The van der Waals surface area contributed by atoms with E-state index in [-0.39, 0.29) is 6.04 Å². The summed E-state index contributed by atoms with van der Waals surface area (Å²) in [6.45, 7) is 5.00. The zero-order valence-corrected chi connectivity index (χ0v) is 12.6. The predicted molar refractivity (Wildman–Crippen MR) is 72.2 cm³/mol. The lowest BCUT2D eigenvalue weighted by molar-refractivity contribution is 0.564. The number of nitrogens with one attached hydrogen (secondary N) is 1. The van der Waals surface area contributed by atoms with Crippen LogP contribution in [0.4, 0.5) is 0 Å². The standard InChI is InChI=1S/C11H17BrN6/c1-5-13-9(8-6-14-17(3)7(8)2)10-11(12)15-16-18(10)4/h6,9,13H,5H2,1-4H3. The summed E-state index contributed by atoms with van der Waals surface area (Å²) in [7, 11) is 3.83. The van der Waals surface area contributed by atoms with Gasteiger partial charge >= 0.3 is 0 Å². The number of rotatable bonds is 4. The third-order valence-electron chi connectivity index (χ3n) is 3.09. The Morgan fingerprint density at radius 1 is 1.39 bits per heavy atom. The number of hydrogen-bond acceptors (Lipinski definition) is 4. The van der Waals surface area contributed by atoms with Gasteiger partial charge in [0.15, 0.2) is 4.60 Å². The van der Waals surface area contributed by atoms with Gasteiger partial charge in [-0.25, -0.2) is 4.68 Å². The molecule has 0 saturated carbocycles. The Kier molecular flexibility index (Phi) is 3.82. The Hall–Kier alpha value is -1.21. The van der Waals surface area contributed by atoms with Crippen LogP contribution in [0.1, 0.15) is 29.9 Å². The molecule has 1 N–H and O–H groups in total. The van der Waals surface area contributed by atoms with E-state index in [4.69, 9.17) is 0 Å². The summed E-state index contributed by atoms with van der Waals surface area (Å²) in [6.07, 6.45) is 1.89. The van der Waals surface area contributed by atoms with Crippen molar-refractivity contribution in [1.29, 1.82) is 0 Å². The first kappa shape index (κ1) is 13.2. The molecule has 0 bridgehead atoms. The summed E-state index contributed by atoms with van der Waals surface area (Å²) in [5.41, 5.74) is 3.28. The smallest absolute Gasteiger partial charge is 0.153 e. The highest BCUT2D eigenvalue weighted by Gasteiger charge is 2.24. The molecule has 0 fully saturated rings. The summed E-state index contributed by atoms with van der Waals surface area (Å²) in [6, 6.07) is 0.0399. The number of halogens is 1. The van der Waals surface area contributed by atoms with Crippen molar-refractivity contribution in [3.05, 3.63) is 27.8 Å². The molecule has 6 nitrogen and oxygen atoms in total. The van der Waals surface area contributed by atoms with Crippen molar-refractivity contribution in [3.63, 3.8) is 0 Å². The van der Waals surface area contributed by atoms with E-state index in [2.05, 4.69) is 50.5 Å². The number of nitrogens with zero attached hydrogens (tertiary/aromatic N) is 5.